The number of benzene rings is 3. The lowest BCUT2D eigenvalue weighted by atomic mass is 9.97. The average Bonchev–Trinajstić information content (AvgIpc) is 3.40. The van der Waals surface area contributed by atoms with Crippen molar-refractivity contribution in [3.05, 3.63) is 76.5 Å². The molecule has 0 atom stereocenters. The maximum Gasteiger partial charge on any atom is 0.228 e. The Morgan fingerprint density at radius 2 is 1.71 bits per heavy atom. The summed E-state index contributed by atoms with van der Waals surface area (Å²) >= 11 is 3.27. The van der Waals surface area contributed by atoms with E-state index in [1.165, 1.54) is 6.07 Å². The zero-order valence-corrected chi connectivity index (χ0v) is 23.6. The van der Waals surface area contributed by atoms with Gasteiger partial charge in [0.2, 0.25) is 11.7 Å². The van der Waals surface area contributed by atoms with Crippen molar-refractivity contribution in [2.24, 2.45) is 11.8 Å². The van der Waals surface area contributed by atoms with Crippen LogP contribution in [0.25, 0.3) is 22.5 Å². The van der Waals surface area contributed by atoms with Crippen molar-refractivity contribution in [1.82, 2.24) is 20.6 Å². The fourth-order valence-corrected chi connectivity index (χ4v) is 4.80. The summed E-state index contributed by atoms with van der Waals surface area (Å²) in [4.78, 5) is 15.5. The fraction of sp³-hybridized carbons (Fsp3) is 0.310. The van der Waals surface area contributed by atoms with Gasteiger partial charge in [-0.2, -0.15) is 5.21 Å². The van der Waals surface area contributed by atoms with Crippen molar-refractivity contribution >= 4 is 33.2 Å². The van der Waals surface area contributed by atoms with Crippen LogP contribution in [0.4, 0.5) is 15.8 Å². The summed E-state index contributed by atoms with van der Waals surface area (Å²) in [5, 5.41) is 17.6. The second-order valence-corrected chi connectivity index (χ2v) is 11.1. The summed E-state index contributed by atoms with van der Waals surface area (Å²) in [6.07, 6.45) is -0.0728. The Bertz CT molecular complexity index is 1380. The minimum atomic E-state index is -0.418. The molecule has 2 N–H and O–H groups in total. The Kier molecular flexibility index (Phi) is 8.89. The predicted molar refractivity (Wildman–Crippen MR) is 153 cm³/mol. The van der Waals surface area contributed by atoms with Gasteiger partial charge in [-0.25, -0.2) is 4.39 Å². The molecule has 0 unspecified atom stereocenters. The number of hydrogen-bond acceptors (Lipinski definition) is 5. The number of carbonyl (C=O) groups excluding carboxylic acids is 1. The Balaban J connectivity index is 1.75. The van der Waals surface area contributed by atoms with E-state index < -0.39 is 5.82 Å². The van der Waals surface area contributed by atoms with Gasteiger partial charge >= 0.3 is 0 Å². The van der Waals surface area contributed by atoms with E-state index >= 15 is 0 Å². The summed E-state index contributed by atoms with van der Waals surface area (Å²) in [7, 11) is 0. The Morgan fingerprint density at radius 1 is 1.00 bits per heavy atom. The summed E-state index contributed by atoms with van der Waals surface area (Å²) < 4.78 is 15.1. The minimum Gasteiger partial charge on any atom is -0.369 e. The van der Waals surface area contributed by atoms with Crippen LogP contribution < -0.4 is 10.2 Å². The number of H-pyrrole nitrogens is 1. The number of tetrazole rings is 1. The smallest absolute Gasteiger partial charge is 0.228 e. The fourth-order valence-electron chi connectivity index (χ4n) is 4.47. The van der Waals surface area contributed by atoms with Gasteiger partial charge in [-0.05, 0) is 58.0 Å². The second kappa shape index (κ2) is 12.3. The van der Waals surface area contributed by atoms with Crippen molar-refractivity contribution in [2.75, 3.05) is 23.3 Å². The number of rotatable bonds is 10. The van der Waals surface area contributed by atoms with E-state index in [9.17, 15) is 9.18 Å². The number of anilines is 2. The Morgan fingerprint density at radius 3 is 2.34 bits per heavy atom. The molecule has 1 heterocycles. The minimum absolute atomic E-state index is 0.0728. The zero-order chi connectivity index (χ0) is 27.2. The van der Waals surface area contributed by atoms with Gasteiger partial charge in [0.15, 0.2) is 0 Å². The van der Waals surface area contributed by atoms with Crippen LogP contribution in [-0.2, 0) is 11.2 Å². The quantitative estimate of drug-likeness (QED) is 0.218. The van der Waals surface area contributed by atoms with E-state index in [2.05, 4.69) is 74.5 Å². The van der Waals surface area contributed by atoms with Crippen LogP contribution in [0, 0.1) is 17.7 Å². The van der Waals surface area contributed by atoms with E-state index in [0.717, 1.165) is 35.5 Å². The van der Waals surface area contributed by atoms with Crippen LogP contribution in [0.5, 0.6) is 0 Å². The molecule has 0 fully saturated rings. The van der Waals surface area contributed by atoms with Crippen LogP contribution in [0.3, 0.4) is 0 Å². The highest BCUT2D eigenvalue weighted by Gasteiger charge is 2.19. The first-order valence-electron chi connectivity index (χ1n) is 12.7. The topological polar surface area (TPSA) is 86.8 Å². The van der Waals surface area contributed by atoms with Crippen LogP contribution in [0.2, 0.25) is 0 Å². The number of hydrogen-bond donors (Lipinski definition) is 2. The summed E-state index contributed by atoms with van der Waals surface area (Å²) in [6, 6.07) is 18.6. The molecule has 0 spiro atoms. The highest BCUT2D eigenvalue weighted by Crippen LogP contribution is 2.36. The van der Waals surface area contributed by atoms with Crippen molar-refractivity contribution in [3.8, 4) is 22.5 Å². The molecule has 0 radical (unpaired) electrons. The van der Waals surface area contributed by atoms with Crippen LogP contribution >= 0.6 is 15.9 Å². The molecular weight excluding hydrogens is 547 g/mol. The molecule has 0 saturated carbocycles. The first-order valence-corrected chi connectivity index (χ1v) is 13.5. The molecule has 0 bridgehead atoms. The number of nitrogens with one attached hydrogen (secondary N) is 2. The first kappa shape index (κ1) is 27.4. The maximum atomic E-state index is 14.5. The molecule has 3 aromatic carbocycles. The lowest BCUT2D eigenvalue weighted by Gasteiger charge is -2.31. The molecule has 4 aromatic rings. The van der Waals surface area contributed by atoms with Crippen molar-refractivity contribution < 1.29 is 9.18 Å². The SMILES string of the molecule is CC(C)CN(CC(C)C)c1ccc(-c2ccccc2-c2nn[nH]n2)cc1NC(=O)Cc1ccc(Br)cc1F. The molecule has 1 aromatic heterocycles. The van der Waals surface area contributed by atoms with Crippen molar-refractivity contribution in [3.63, 3.8) is 0 Å². The third-order valence-electron chi connectivity index (χ3n) is 5.97. The van der Waals surface area contributed by atoms with Gasteiger partial charge < -0.3 is 10.2 Å². The Hall–Kier alpha value is -3.59. The molecule has 9 heteroatoms. The molecule has 0 aliphatic rings. The van der Waals surface area contributed by atoms with Gasteiger partial charge in [0.1, 0.15) is 5.82 Å². The van der Waals surface area contributed by atoms with Gasteiger partial charge in [-0.1, -0.05) is 80.0 Å². The largest absolute Gasteiger partial charge is 0.369 e. The van der Waals surface area contributed by atoms with Crippen molar-refractivity contribution in [1.29, 1.82) is 0 Å². The van der Waals surface area contributed by atoms with E-state index in [-0.39, 0.29) is 12.3 Å². The van der Waals surface area contributed by atoms with Crippen LogP contribution in [-0.4, -0.2) is 39.6 Å². The molecule has 38 heavy (non-hydrogen) atoms. The summed E-state index contributed by atoms with van der Waals surface area (Å²) in [5.41, 5.74) is 4.58. The molecule has 4 rings (SSSR count). The van der Waals surface area contributed by atoms with Gasteiger partial charge in [-0.3, -0.25) is 4.79 Å². The number of aromatic amines is 1. The monoisotopic (exact) mass is 578 g/mol. The van der Waals surface area contributed by atoms with Crippen LogP contribution in [0.15, 0.2) is 65.1 Å². The lowest BCUT2D eigenvalue weighted by Crippen LogP contribution is -2.32. The predicted octanol–water partition coefficient (Wildman–Crippen LogP) is 6.73. The Labute approximate surface area is 231 Å². The number of amides is 1. The molecular formula is C29H32BrFN6O. The molecule has 0 saturated heterocycles. The van der Waals surface area contributed by atoms with E-state index in [4.69, 9.17) is 0 Å². The third-order valence-corrected chi connectivity index (χ3v) is 6.47. The zero-order valence-electron chi connectivity index (χ0n) is 22.0. The number of nitrogens with zero attached hydrogens (tertiary/aromatic N) is 4. The summed E-state index contributed by atoms with van der Waals surface area (Å²) in [6.45, 7) is 10.4. The van der Waals surface area contributed by atoms with Crippen molar-refractivity contribution in [2.45, 2.75) is 34.1 Å². The normalized spacial score (nSPS) is 11.3. The second-order valence-electron chi connectivity index (χ2n) is 10.2. The van der Waals surface area contributed by atoms with Gasteiger partial charge in [0, 0.05) is 23.1 Å². The number of carbonyl (C=O) groups is 1. The molecule has 0 aliphatic heterocycles. The van der Waals surface area contributed by atoms with E-state index in [1.54, 1.807) is 12.1 Å². The third kappa shape index (κ3) is 6.83. The van der Waals surface area contributed by atoms with Crippen LogP contribution in [0.1, 0.15) is 33.3 Å². The van der Waals surface area contributed by atoms with Gasteiger partial charge in [0.05, 0.1) is 17.8 Å². The first-order chi connectivity index (χ1) is 18.2. The molecule has 1 amide bonds. The highest BCUT2D eigenvalue weighted by atomic mass is 79.9. The lowest BCUT2D eigenvalue weighted by molar-refractivity contribution is -0.115. The average molecular weight is 580 g/mol. The van der Waals surface area contributed by atoms with Gasteiger partial charge in [0.25, 0.3) is 0 Å². The van der Waals surface area contributed by atoms with E-state index in [1.807, 2.05) is 42.5 Å². The molecule has 7 nitrogen and oxygen atoms in total. The number of aromatic nitrogens is 4. The molecule has 0 aliphatic carbocycles. The highest BCUT2D eigenvalue weighted by molar-refractivity contribution is 9.10. The van der Waals surface area contributed by atoms with Gasteiger partial charge in [-0.15, -0.1) is 10.2 Å². The van der Waals surface area contributed by atoms with E-state index in [0.29, 0.717) is 33.4 Å². The number of halogens is 2. The maximum absolute atomic E-state index is 14.5. The molecule has 198 valence electrons. The standard InChI is InChI=1S/C29H32BrFN6O/c1-18(2)16-37(17-19(3)4)27-12-10-20(23-7-5-6-8-24(23)29-33-35-36-34-29)13-26(27)32-28(38)14-21-9-11-22(30)15-25(21)31/h5-13,15,18-19H,14,16-17H2,1-4H3,(H,32,38)(H,33,34,35,36). The summed E-state index contributed by atoms with van der Waals surface area (Å²) in [5.74, 6) is 0.631.